The summed E-state index contributed by atoms with van der Waals surface area (Å²) in [6.45, 7) is 0.446. The van der Waals surface area contributed by atoms with Gasteiger partial charge in [0.25, 0.3) is 0 Å². The van der Waals surface area contributed by atoms with Crippen molar-refractivity contribution in [3.8, 4) is 0 Å². The van der Waals surface area contributed by atoms with Gasteiger partial charge >= 0.3 is 0 Å². The van der Waals surface area contributed by atoms with Crippen LogP contribution in [0.3, 0.4) is 0 Å². The Morgan fingerprint density at radius 3 is 2.62 bits per heavy atom. The molecule has 1 rings (SSSR count). The SMILES string of the molecule is O=S(=O)(NCCCCBr)c1cc(Cl)c(Br)s1. The van der Waals surface area contributed by atoms with Crippen molar-refractivity contribution in [2.75, 3.05) is 11.9 Å². The van der Waals surface area contributed by atoms with Gasteiger partial charge in [0.2, 0.25) is 10.0 Å². The van der Waals surface area contributed by atoms with Crippen molar-refractivity contribution in [3.63, 3.8) is 0 Å². The lowest BCUT2D eigenvalue weighted by Gasteiger charge is -2.03. The summed E-state index contributed by atoms with van der Waals surface area (Å²) >= 11 is 13.4. The molecule has 0 radical (unpaired) electrons. The Bertz CT molecular complexity index is 427. The summed E-state index contributed by atoms with van der Waals surface area (Å²) in [5, 5.41) is 1.30. The lowest BCUT2D eigenvalue weighted by Crippen LogP contribution is -2.24. The Balaban J connectivity index is 2.64. The van der Waals surface area contributed by atoms with E-state index >= 15 is 0 Å². The normalized spacial score (nSPS) is 11.9. The fourth-order valence-corrected chi connectivity index (χ4v) is 4.87. The van der Waals surface area contributed by atoms with E-state index in [0.29, 0.717) is 15.4 Å². The molecule has 0 fully saturated rings. The number of nitrogens with one attached hydrogen (secondary N) is 1. The van der Waals surface area contributed by atoms with Gasteiger partial charge in [-0.15, -0.1) is 11.3 Å². The lowest BCUT2D eigenvalue weighted by atomic mass is 10.3. The summed E-state index contributed by atoms with van der Waals surface area (Å²) in [5.41, 5.74) is 0. The Morgan fingerprint density at radius 2 is 2.12 bits per heavy atom. The van der Waals surface area contributed by atoms with Crippen LogP contribution < -0.4 is 4.72 Å². The van der Waals surface area contributed by atoms with Crippen LogP contribution in [0.1, 0.15) is 12.8 Å². The summed E-state index contributed by atoms with van der Waals surface area (Å²) in [6.07, 6.45) is 1.75. The minimum Gasteiger partial charge on any atom is -0.210 e. The smallest absolute Gasteiger partial charge is 0.210 e. The second kappa shape index (κ2) is 6.70. The summed E-state index contributed by atoms with van der Waals surface area (Å²) in [6, 6.07) is 1.45. The molecule has 8 heteroatoms. The Kier molecular flexibility index (Phi) is 6.25. The largest absolute Gasteiger partial charge is 0.250 e. The predicted molar refractivity (Wildman–Crippen MR) is 75.2 cm³/mol. The van der Waals surface area contributed by atoms with E-state index in [9.17, 15) is 8.42 Å². The van der Waals surface area contributed by atoms with Crippen LogP contribution in [-0.4, -0.2) is 20.3 Å². The fraction of sp³-hybridized carbons (Fsp3) is 0.500. The summed E-state index contributed by atoms with van der Waals surface area (Å²) in [4.78, 5) is 0. The van der Waals surface area contributed by atoms with E-state index in [0.717, 1.165) is 29.5 Å². The molecule has 0 aliphatic carbocycles. The van der Waals surface area contributed by atoms with Gasteiger partial charge in [-0.2, -0.15) is 0 Å². The van der Waals surface area contributed by atoms with Crippen molar-refractivity contribution in [2.45, 2.75) is 17.1 Å². The van der Waals surface area contributed by atoms with Crippen molar-refractivity contribution in [1.29, 1.82) is 0 Å². The van der Waals surface area contributed by atoms with E-state index < -0.39 is 10.0 Å². The number of thiophene rings is 1. The van der Waals surface area contributed by atoms with Gasteiger partial charge in [-0.25, -0.2) is 13.1 Å². The zero-order valence-electron chi connectivity index (χ0n) is 8.17. The van der Waals surface area contributed by atoms with Crippen LogP contribution in [0.15, 0.2) is 14.1 Å². The van der Waals surface area contributed by atoms with E-state index in [-0.39, 0.29) is 4.21 Å². The Labute approximate surface area is 121 Å². The average molecular weight is 412 g/mol. The quantitative estimate of drug-likeness (QED) is 0.574. The van der Waals surface area contributed by atoms with Crippen LogP contribution in [0, 0.1) is 0 Å². The third-order valence-corrected chi connectivity index (χ3v) is 6.71. The van der Waals surface area contributed by atoms with Gasteiger partial charge < -0.3 is 0 Å². The van der Waals surface area contributed by atoms with E-state index in [1.54, 1.807) is 0 Å². The molecule has 3 nitrogen and oxygen atoms in total. The molecule has 92 valence electrons. The minimum absolute atomic E-state index is 0.239. The number of rotatable bonds is 6. The van der Waals surface area contributed by atoms with Crippen LogP contribution in [0.25, 0.3) is 0 Å². The molecule has 0 spiro atoms. The molecule has 0 bridgehead atoms. The standard InChI is InChI=1S/C8H10Br2ClNO2S2/c9-3-1-2-4-12-16(13,14)7-5-6(11)8(10)15-7/h5,12H,1-4H2. The molecular formula is C8H10Br2ClNO2S2. The molecule has 0 aliphatic rings. The number of hydrogen-bond donors (Lipinski definition) is 1. The second-order valence-corrected chi connectivity index (χ2v) is 8.55. The third kappa shape index (κ3) is 4.27. The van der Waals surface area contributed by atoms with Crippen molar-refractivity contribution >= 4 is 64.8 Å². The maximum atomic E-state index is 11.8. The van der Waals surface area contributed by atoms with Crippen LogP contribution >= 0.6 is 54.8 Å². The van der Waals surface area contributed by atoms with E-state index in [2.05, 4.69) is 36.6 Å². The molecule has 0 aliphatic heterocycles. The molecule has 16 heavy (non-hydrogen) atoms. The number of hydrogen-bond acceptors (Lipinski definition) is 3. The van der Waals surface area contributed by atoms with Gasteiger partial charge in [0.1, 0.15) is 4.21 Å². The highest BCUT2D eigenvalue weighted by Crippen LogP contribution is 2.34. The van der Waals surface area contributed by atoms with Crippen LogP contribution in [0.4, 0.5) is 0 Å². The highest BCUT2D eigenvalue weighted by atomic mass is 79.9. The van der Waals surface area contributed by atoms with E-state index in [1.807, 2.05) is 0 Å². The zero-order chi connectivity index (χ0) is 12.2. The topological polar surface area (TPSA) is 46.2 Å². The minimum atomic E-state index is -3.40. The molecule has 0 aromatic carbocycles. The molecule has 1 aromatic rings. The molecule has 0 saturated carbocycles. The van der Waals surface area contributed by atoms with Gasteiger partial charge in [-0.3, -0.25) is 0 Å². The van der Waals surface area contributed by atoms with Crippen LogP contribution in [0.5, 0.6) is 0 Å². The molecule has 1 N–H and O–H groups in total. The Hall–Kier alpha value is 0.860. The first-order chi connectivity index (χ1) is 7.47. The molecule has 0 unspecified atom stereocenters. The van der Waals surface area contributed by atoms with Crippen LogP contribution in [-0.2, 0) is 10.0 Å². The highest BCUT2D eigenvalue weighted by Gasteiger charge is 2.18. The monoisotopic (exact) mass is 409 g/mol. The highest BCUT2D eigenvalue weighted by molar-refractivity contribution is 9.11. The third-order valence-electron chi connectivity index (χ3n) is 1.74. The van der Waals surface area contributed by atoms with Gasteiger partial charge in [0.05, 0.1) is 8.81 Å². The molecule has 0 saturated heterocycles. The number of halogens is 3. The molecule has 0 atom stereocenters. The molecule has 1 aromatic heterocycles. The lowest BCUT2D eigenvalue weighted by molar-refractivity contribution is 0.581. The molecular weight excluding hydrogens is 401 g/mol. The maximum Gasteiger partial charge on any atom is 0.250 e. The van der Waals surface area contributed by atoms with E-state index in [4.69, 9.17) is 11.6 Å². The number of alkyl halides is 1. The second-order valence-electron chi connectivity index (χ2n) is 2.98. The molecule has 1 heterocycles. The predicted octanol–water partition coefficient (Wildman–Crippen LogP) is 3.62. The Morgan fingerprint density at radius 1 is 1.44 bits per heavy atom. The van der Waals surface area contributed by atoms with Crippen molar-refractivity contribution in [2.24, 2.45) is 0 Å². The van der Waals surface area contributed by atoms with Gasteiger partial charge in [0, 0.05) is 11.9 Å². The molecule has 0 amide bonds. The first-order valence-corrected chi connectivity index (χ1v) is 9.07. The maximum absolute atomic E-state index is 11.8. The number of unbranched alkanes of at least 4 members (excludes halogenated alkanes) is 1. The summed E-state index contributed by atoms with van der Waals surface area (Å²) in [7, 11) is -3.40. The summed E-state index contributed by atoms with van der Waals surface area (Å²) in [5.74, 6) is 0. The first kappa shape index (κ1) is 14.9. The van der Waals surface area contributed by atoms with Crippen molar-refractivity contribution < 1.29 is 8.42 Å². The summed E-state index contributed by atoms with van der Waals surface area (Å²) < 4.78 is 26.9. The fourth-order valence-electron chi connectivity index (χ4n) is 0.956. The number of sulfonamides is 1. The van der Waals surface area contributed by atoms with Crippen molar-refractivity contribution in [1.82, 2.24) is 4.72 Å². The van der Waals surface area contributed by atoms with Gasteiger partial charge in [-0.05, 0) is 34.8 Å². The van der Waals surface area contributed by atoms with Gasteiger partial charge in [0.15, 0.2) is 0 Å². The van der Waals surface area contributed by atoms with Crippen LogP contribution in [0.2, 0.25) is 5.02 Å². The first-order valence-electron chi connectivity index (χ1n) is 4.48. The average Bonchev–Trinajstić information content (AvgIpc) is 2.55. The van der Waals surface area contributed by atoms with E-state index in [1.165, 1.54) is 6.07 Å². The van der Waals surface area contributed by atoms with Crippen molar-refractivity contribution in [3.05, 3.63) is 14.9 Å². The zero-order valence-corrected chi connectivity index (χ0v) is 13.7. The van der Waals surface area contributed by atoms with Gasteiger partial charge in [-0.1, -0.05) is 27.5 Å².